The molecular formula is C30H27F5N2O6. The van der Waals surface area contributed by atoms with Gasteiger partial charge in [-0.15, -0.1) is 0 Å². The number of carbonyl (C=O) groups excluding carboxylic acids is 3. The molecule has 1 N–H and O–H groups in total. The first-order chi connectivity index (χ1) is 20.0. The van der Waals surface area contributed by atoms with E-state index in [4.69, 9.17) is 9.47 Å². The number of halogens is 5. The Bertz CT molecular complexity index is 1600. The summed E-state index contributed by atoms with van der Waals surface area (Å²) in [6, 6.07) is 8.07. The van der Waals surface area contributed by atoms with Gasteiger partial charge in [0, 0.05) is 16.7 Å². The highest BCUT2D eigenvalue weighted by molar-refractivity contribution is 6.01. The second-order valence-corrected chi connectivity index (χ2v) is 10.9. The van der Waals surface area contributed by atoms with Crippen molar-refractivity contribution in [3.8, 4) is 17.2 Å². The second kappa shape index (κ2) is 11.5. The molecule has 3 aromatic carbocycles. The van der Waals surface area contributed by atoms with Crippen molar-refractivity contribution >= 4 is 17.8 Å². The van der Waals surface area contributed by atoms with Gasteiger partial charge < -0.3 is 14.2 Å². The summed E-state index contributed by atoms with van der Waals surface area (Å²) in [7, 11) is 0. The first-order valence-electron chi connectivity index (χ1n) is 12.9. The van der Waals surface area contributed by atoms with Crippen LogP contribution in [0.5, 0.6) is 17.2 Å². The normalized spacial score (nSPS) is 14.3. The lowest BCUT2D eigenvalue weighted by Gasteiger charge is -2.36. The van der Waals surface area contributed by atoms with E-state index in [1.807, 2.05) is 19.9 Å². The maximum Gasteiger partial charge on any atom is 0.356 e. The Kier molecular flexibility index (Phi) is 8.39. The number of aryl methyl sites for hydroxylation is 2. The summed E-state index contributed by atoms with van der Waals surface area (Å²) >= 11 is 0. The van der Waals surface area contributed by atoms with E-state index < -0.39 is 70.9 Å². The van der Waals surface area contributed by atoms with E-state index >= 15 is 0 Å². The summed E-state index contributed by atoms with van der Waals surface area (Å²) in [4.78, 5) is 39.5. The second-order valence-electron chi connectivity index (χ2n) is 10.9. The summed E-state index contributed by atoms with van der Waals surface area (Å²) in [6.45, 7) is 9.79. The Balaban J connectivity index is 1.58. The van der Waals surface area contributed by atoms with Crippen LogP contribution in [0.15, 0.2) is 30.3 Å². The van der Waals surface area contributed by atoms with Gasteiger partial charge in [-0.2, -0.15) is 8.78 Å². The van der Waals surface area contributed by atoms with Gasteiger partial charge in [0.2, 0.25) is 40.9 Å². The van der Waals surface area contributed by atoms with E-state index in [1.54, 1.807) is 32.9 Å². The van der Waals surface area contributed by atoms with Crippen LogP contribution in [0.25, 0.3) is 0 Å². The highest BCUT2D eigenvalue weighted by Crippen LogP contribution is 2.38. The van der Waals surface area contributed by atoms with Crippen LogP contribution in [0.2, 0.25) is 0 Å². The molecule has 1 heterocycles. The minimum Gasteiger partial charge on any atom is -0.485 e. The van der Waals surface area contributed by atoms with E-state index in [9.17, 15) is 36.3 Å². The Morgan fingerprint density at radius 1 is 0.884 bits per heavy atom. The molecule has 228 valence electrons. The molecule has 0 saturated heterocycles. The fraction of sp³-hybridized carbons (Fsp3) is 0.300. The highest BCUT2D eigenvalue weighted by atomic mass is 19.2. The van der Waals surface area contributed by atoms with Gasteiger partial charge in [0.1, 0.15) is 6.61 Å². The van der Waals surface area contributed by atoms with Crippen LogP contribution in [0.3, 0.4) is 0 Å². The van der Waals surface area contributed by atoms with Crippen LogP contribution in [0, 0.1) is 49.9 Å². The zero-order valence-corrected chi connectivity index (χ0v) is 24.0. The molecule has 1 atom stereocenters. The number of nitrogens with zero attached hydrogens (tertiary/aromatic N) is 1. The molecule has 3 aromatic rings. The number of ether oxygens (including phenoxy) is 3. The molecule has 0 spiro atoms. The Morgan fingerprint density at radius 2 is 1.44 bits per heavy atom. The van der Waals surface area contributed by atoms with Crippen molar-refractivity contribution in [2.75, 3.05) is 6.61 Å². The van der Waals surface area contributed by atoms with Gasteiger partial charge in [0.25, 0.3) is 11.8 Å². The lowest BCUT2D eigenvalue weighted by atomic mass is 10.0. The first-order valence-corrected chi connectivity index (χ1v) is 12.9. The van der Waals surface area contributed by atoms with Gasteiger partial charge >= 0.3 is 5.97 Å². The SMILES string of the molecule is Cc1cc(C)cc(C(=O)N(NC(=O)c2ccc3c(c2C)OC(C(=O)Oc2c(F)c(F)c(F)c(F)c2F)CO3)C(C)(C)C)c1. The zero-order valence-electron chi connectivity index (χ0n) is 24.0. The number of hydrazine groups is 1. The molecule has 13 heteroatoms. The zero-order chi connectivity index (χ0) is 32.0. The van der Waals surface area contributed by atoms with Crippen molar-refractivity contribution in [2.45, 2.75) is 53.2 Å². The summed E-state index contributed by atoms with van der Waals surface area (Å²) in [5.41, 5.74) is 4.04. The molecular weight excluding hydrogens is 579 g/mol. The maximum atomic E-state index is 14.0. The van der Waals surface area contributed by atoms with E-state index in [2.05, 4.69) is 10.2 Å². The molecule has 0 aliphatic carbocycles. The van der Waals surface area contributed by atoms with Crippen LogP contribution in [-0.2, 0) is 4.79 Å². The van der Waals surface area contributed by atoms with Gasteiger partial charge in [-0.1, -0.05) is 17.2 Å². The van der Waals surface area contributed by atoms with Gasteiger partial charge in [-0.25, -0.2) is 23.0 Å². The Morgan fingerprint density at radius 3 is 2.00 bits per heavy atom. The fourth-order valence-corrected chi connectivity index (χ4v) is 4.38. The molecule has 0 bridgehead atoms. The van der Waals surface area contributed by atoms with Crippen LogP contribution < -0.4 is 19.6 Å². The molecule has 0 saturated carbocycles. The quantitative estimate of drug-likeness (QED) is 0.103. The third kappa shape index (κ3) is 6.11. The van der Waals surface area contributed by atoms with Crippen LogP contribution >= 0.6 is 0 Å². The van der Waals surface area contributed by atoms with Gasteiger partial charge in [0.05, 0.1) is 5.54 Å². The molecule has 4 rings (SSSR count). The molecule has 2 amide bonds. The smallest absolute Gasteiger partial charge is 0.356 e. The number of carbonyl (C=O) groups is 3. The molecule has 1 unspecified atom stereocenters. The lowest BCUT2D eigenvalue weighted by molar-refractivity contribution is -0.145. The number of benzene rings is 3. The molecule has 1 aliphatic heterocycles. The minimum atomic E-state index is -2.41. The summed E-state index contributed by atoms with van der Waals surface area (Å²) in [6.07, 6.45) is -1.70. The fourth-order valence-electron chi connectivity index (χ4n) is 4.38. The van der Waals surface area contributed by atoms with E-state index in [-0.39, 0.29) is 22.6 Å². The standard InChI is InChI=1S/C30H27F5N2O6/c1-13-9-14(2)11-16(10-13)28(39)37(30(4,5)6)36-27(38)17-7-8-18-25(15(17)3)42-19(12-41-18)29(40)43-26-23(34)21(32)20(31)22(33)24(26)35/h7-11,19H,12H2,1-6H3,(H,36,38). The molecule has 0 radical (unpaired) electrons. The first kappa shape index (κ1) is 31.3. The minimum absolute atomic E-state index is 0.0265. The summed E-state index contributed by atoms with van der Waals surface area (Å²) in [5, 5.41) is 1.18. The average molecular weight is 607 g/mol. The van der Waals surface area contributed by atoms with E-state index in [0.717, 1.165) is 11.1 Å². The number of hydrogen-bond acceptors (Lipinski definition) is 6. The monoisotopic (exact) mass is 606 g/mol. The molecule has 43 heavy (non-hydrogen) atoms. The predicted octanol–water partition coefficient (Wildman–Crippen LogP) is 5.64. The number of amides is 2. The summed E-state index contributed by atoms with van der Waals surface area (Å²) < 4.78 is 84.0. The highest BCUT2D eigenvalue weighted by Gasteiger charge is 2.36. The molecule has 8 nitrogen and oxygen atoms in total. The van der Waals surface area contributed by atoms with Crippen molar-refractivity contribution < 1.29 is 50.5 Å². The number of rotatable bonds is 4. The topological polar surface area (TPSA) is 94.2 Å². The van der Waals surface area contributed by atoms with Gasteiger partial charge in [-0.3, -0.25) is 15.0 Å². The summed E-state index contributed by atoms with van der Waals surface area (Å²) in [5.74, 6) is -16.2. The molecule has 1 aliphatic rings. The third-order valence-corrected chi connectivity index (χ3v) is 6.46. The van der Waals surface area contributed by atoms with Crippen molar-refractivity contribution in [1.82, 2.24) is 10.4 Å². The Hall–Kier alpha value is -4.68. The average Bonchev–Trinajstić information content (AvgIpc) is 2.94. The van der Waals surface area contributed by atoms with E-state index in [0.29, 0.717) is 5.56 Å². The molecule has 0 fully saturated rings. The van der Waals surface area contributed by atoms with Crippen molar-refractivity contribution in [3.05, 3.63) is 87.2 Å². The van der Waals surface area contributed by atoms with Crippen LogP contribution in [0.4, 0.5) is 22.0 Å². The largest absolute Gasteiger partial charge is 0.485 e. The number of hydrogen-bond donors (Lipinski definition) is 1. The van der Waals surface area contributed by atoms with E-state index in [1.165, 1.54) is 24.1 Å². The Labute approximate surface area is 243 Å². The third-order valence-electron chi connectivity index (χ3n) is 6.46. The van der Waals surface area contributed by atoms with Gasteiger partial charge in [0.15, 0.2) is 11.5 Å². The maximum absolute atomic E-state index is 14.0. The number of nitrogens with one attached hydrogen (secondary N) is 1. The molecule has 0 aromatic heterocycles. The van der Waals surface area contributed by atoms with Crippen molar-refractivity contribution in [2.24, 2.45) is 0 Å². The lowest BCUT2D eigenvalue weighted by Crippen LogP contribution is -2.56. The van der Waals surface area contributed by atoms with Crippen molar-refractivity contribution in [1.29, 1.82) is 0 Å². The predicted molar refractivity (Wildman–Crippen MR) is 142 cm³/mol. The van der Waals surface area contributed by atoms with Crippen LogP contribution in [0.1, 0.15) is 58.2 Å². The van der Waals surface area contributed by atoms with Crippen LogP contribution in [-0.4, -0.2) is 41.0 Å². The number of fused-ring (bicyclic) bond motifs is 1. The van der Waals surface area contributed by atoms with Gasteiger partial charge in [-0.05, 0) is 65.8 Å². The number of esters is 1. The van der Waals surface area contributed by atoms with Crippen molar-refractivity contribution in [3.63, 3.8) is 0 Å².